The molecule has 1 aliphatic rings. The number of nitrogens with one attached hydrogen (secondary N) is 2. The van der Waals surface area contributed by atoms with E-state index in [0.29, 0.717) is 25.7 Å². The third-order valence-corrected chi connectivity index (χ3v) is 7.27. The number of carbonyl (C=O) groups excluding carboxylic acids is 3. The second-order valence-electron chi connectivity index (χ2n) is 10.4. The summed E-state index contributed by atoms with van der Waals surface area (Å²) in [6.07, 6.45) is 4.92. The average Bonchev–Trinajstić information content (AvgIpc) is 3.00. The number of esters is 1. The molecule has 41 heavy (non-hydrogen) atoms. The third kappa shape index (κ3) is 9.43. The summed E-state index contributed by atoms with van der Waals surface area (Å²) in [5.41, 5.74) is 2.83. The van der Waals surface area contributed by atoms with Crippen LogP contribution in [0.3, 0.4) is 0 Å². The maximum Gasteiger partial charge on any atom is 0.310 e. The molecule has 7 nitrogen and oxygen atoms in total. The van der Waals surface area contributed by atoms with Gasteiger partial charge in [0, 0.05) is 6.42 Å². The first-order chi connectivity index (χ1) is 20.0. The molecule has 0 radical (unpaired) electrons. The fraction of sp³-hybridized carbons (Fsp3) is 0.324. The number of hydrogen-bond donors (Lipinski definition) is 3. The highest BCUT2D eigenvalue weighted by Gasteiger charge is 2.28. The Balaban J connectivity index is 1.48. The van der Waals surface area contributed by atoms with Crippen molar-refractivity contribution in [2.75, 3.05) is 13.2 Å². The van der Waals surface area contributed by atoms with Gasteiger partial charge in [0.2, 0.25) is 11.8 Å². The molecule has 1 heterocycles. The number of aliphatic hydroxyl groups is 1. The highest BCUT2D eigenvalue weighted by molar-refractivity contribution is 5.86. The van der Waals surface area contributed by atoms with Crippen molar-refractivity contribution in [1.29, 1.82) is 0 Å². The van der Waals surface area contributed by atoms with Gasteiger partial charge in [0.25, 0.3) is 0 Å². The Kier molecular flexibility index (Phi) is 11.3. The molecule has 0 aliphatic carbocycles. The highest BCUT2D eigenvalue weighted by atomic mass is 16.5. The summed E-state index contributed by atoms with van der Waals surface area (Å²) in [6, 6.07) is 28.4. The summed E-state index contributed by atoms with van der Waals surface area (Å²) in [6.45, 7) is -0.105. The Morgan fingerprint density at radius 2 is 1.44 bits per heavy atom. The first kappa shape index (κ1) is 29.7. The molecule has 4 rings (SSSR count). The van der Waals surface area contributed by atoms with Crippen molar-refractivity contribution < 1.29 is 24.2 Å². The zero-order valence-electron chi connectivity index (χ0n) is 23.2. The zero-order chi connectivity index (χ0) is 28.9. The molecule has 0 bridgehead atoms. The van der Waals surface area contributed by atoms with E-state index in [1.807, 2.05) is 103 Å². The van der Waals surface area contributed by atoms with Crippen molar-refractivity contribution in [2.24, 2.45) is 11.8 Å². The van der Waals surface area contributed by atoms with Crippen LogP contribution in [0.15, 0.2) is 103 Å². The molecular formula is C34H38N2O5. The summed E-state index contributed by atoms with van der Waals surface area (Å²) in [4.78, 5) is 39.6. The fourth-order valence-electron chi connectivity index (χ4n) is 5.01. The summed E-state index contributed by atoms with van der Waals surface area (Å²) in [5.74, 6) is -1.89. The monoisotopic (exact) mass is 554 g/mol. The lowest BCUT2D eigenvalue weighted by Crippen LogP contribution is -2.42. The molecule has 214 valence electrons. The van der Waals surface area contributed by atoms with Crippen LogP contribution in [0.1, 0.15) is 42.1 Å². The number of allylic oxidation sites excluding steroid dienone is 2. The molecule has 4 atom stereocenters. The van der Waals surface area contributed by atoms with Crippen LogP contribution in [0.5, 0.6) is 0 Å². The van der Waals surface area contributed by atoms with E-state index in [1.165, 1.54) is 0 Å². The van der Waals surface area contributed by atoms with E-state index in [-0.39, 0.29) is 43.3 Å². The third-order valence-electron chi connectivity index (χ3n) is 7.27. The van der Waals surface area contributed by atoms with Gasteiger partial charge in [-0.2, -0.15) is 0 Å². The standard InChI is InChI=1S/C34H38N2O5/c37-24-30(21-26-14-6-2-7-15-26)36-32(38)22-28-18-10-11-19-29(20-25-12-4-1-5-13-25)34(40)41-31(23-35-33(28)39)27-16-8-3-9-17-27/h1-17,28-31,37H,18-24H2,(H,35,39)(H,36,38)/t28-,29+,30-,31+/m1/s1. The highest BCUT2D eigenvalue weighted by Crippen LogP contribution is 2.24. The minimum absolute atomic E-state index is 0.0231. The predicted octanol–water partition coefficient (Wildman–Crippen LogP) is 4.32. The summed E-state index contributed by atoms with van der Waals surface area (Å²) >= 11 is 0. The van der Waals surface area contributed by atoms with Gasteiger partial charge >= 0.3 is 5.97 Å². The van der Waals surface area contributed by atoms with Crippen LogP contribution in [0.4, 0.5) is 0 Å². The van der Waals surface area contributed by atoms with E-state index in [0.717, 1.165) is 16.7 Å². The largest absolute Gasteiger partial charge is 0.455 e. The number of rotatable bonds is 9. The minimum Gasteiger partial charge on any atom is -0.455 e. The lowest BCUT2D eigenvalue weighted by Gasteiger charge is -2.24. The molecule has 0 saturated heterocycles. The molecule has 1 aliphatic heterocycles. The van der Waals surface area contributed by atoms with Crippen LogP contribution in [0, 0.1) is 11.8 Å². The maximum atomic E-state index is 13.3. The maximum absolute atomic E-state index is 13.3. The van der Waals surface area contributed by atoms with Gasteiger partial charge in [-0.1, -0.05) is 103 Å². The Morgan fingerprint density at radius 3 is 2.07 bits per heavy atom. The number of aliphatic hydroxyl groups excluding tert-OH is 1. The van der Waals surface area contributed by atoms with Crippen molar-refractivity contribution >= 4 is 17.8 Å². The molecule has 0 unspecified atom stereocenters. The molecule has 3 aromatic rings. The van der Waals surface area contributed by atoms with E-state index in [2.05, 4.69) is 10.6 Å². The van der Waals surface area contributed by atoms with Crippen LogP contribution >= 0.6 is 0 Å². The molecule has 2 amide bonds. The fourth-order valence-corrected chi connectivity index (χ4v) is 5.01. The summed E-state index contributed by atoms with van der Waals surface area (Å²) < 4.78 is 5.99. The van der Waals surface area contributed by atoms with Crippen molar-refractivity contribution in [1.82, 2.24) is 10.6 Å². The van der Waals surface area contributed by atoms with Gasteiger partial charge in [-0.05, 0) is 42.4 Å². The van der Waals surface area contributed by atoms with Gasteiger partial charge in [-0.15, -0.1) is 0 Å². The normalized spacial score (nSPS) is 20.6. The molecule has 0 saturated carbocycles. The van der Waals surface area contributed by atoms with E-state index >= 15 is 0 Å². The number of cyclic esters (lactones) is 1. The van der Waals surface area contributed by atoms with Crippen LogP contribution < -0.4 is 10.6 Å². The van der Waals surface area contributed by atoms with E-state index in [9.17, 15) is 19.5 Å². The average molecular weight is 555 g/mol. The van der Waals surface area contributed by atoms with Crippen molar-refractivity contribution in [3.05, 3.63) is 120 Å². The number of carbonyl (C=O) groups is 3. The molecule has 0 spiro atoms. The van der Waals surface area contributed by atoms with E-state index < -0.39 is 18.1 Å². The Labute approximate surface area is 241 Å². The molecule has 3 aromatic carbocycles. The smallest absolute Gasteiger partial charge is 0.310 e. The van der Waals surface area contributed by atoms with Crippen molar-refractivity contribution in [3.63, 3.8) is 0 Å². The second kappa shape index (κ2) is 15.5. The van der Waals surface area contributed by atoms with Crippen LogP contribution in [0.25, 0.3) is 0 Å². The number of ether oxygens (including phenoxy) is 1. The van der Waals surface area contributed by atoms with Gasteiger partial charge in [0.1, 0.15) is 6.10 Å². The first-order valence-electron chi connectivity index (χ1n) is 14.2. The van der Waals surface area contributed by atoms with Gasteiger partial charge < -0.3 is 20.5 Å². The number of hydrogen-bond acceptors (Lipinski definition) is 5. The topological polar surface area (TPSA) is 105 Å². The first-order valence-corrected chi connectivity index (χ1v) is 14.2. The number of benzene rings is 3. The Hall–Kier alpha value is -4.23. The predicted molar refractivity (Wildman–Crippen MR) is 158 cm³/mol. The van der Waals surface area contributed by atoms with Crippen molar-refractivity contribution in [3.8, 4) is 0 Å². The minimum atomic E-state index is -0.659. The van der Waals surface area contributed by atoms with Crippen LogP contribution in [-0.4, -0.2) is 42.1 Å². The SMILES string of the molecule is O=C(C[C@H]1CC=CC[C@@H](Cc2ccccc2)C(=O)O[C@H](c2ccccc2)CNC1=O)N[C@@H](CO)Cc1ccccc1. The second-order valence-corrected chi connectivity index (χ2v) is 10.4. The summed E-state index contributed by atoms with van der Waals surface area (Å²) in [7, 11) is 0. The molecule has 0 aromatic heterocycles. The van der Waals surface area contributed by atoms with Crippen LogP contribution in [-0.2, 0) is 32.0 Å². The van der Waals surface area contributed by atoms with E-state index in [1.54, 1.807) is 0 Å². The Bertz CT molecular complexity index is 1280. The molecule has 7 heteroatoms. The van der Waals surface area contributed by atoms with Gasteiger partial charge in [-0.3, -0.25) is 14.4 Å². The van der Waals surface area contributed by atoms with Crippen LogP contribution in [0.2, 0.25) is 0 Å². The number of amides is 2. The Morgan fingerprint density at radius 1 is 0.854 bits per heavy atom. The molecule has 0 fully saturated rings. The molecule has 3 N–H and O–H groups in total. The lowest BCUT2D eigenvalue weighted by atomic mass is 9.94. The van der Waals surface area contributed by atoms with Gasteiger partial charge in [0.05, 0.1) is 31.0 Å². The summed E-state index contributed by atoms with van der Waals surface area (Å²) in [5, 5.41) is 15.6. The van der Waals surface area contributed by atoms with Crippen molar-refractivity contribution in [2.45, 2.75) is 44.2 Å². The quantitative estimate of drug-likeness (QED) is 0.270. The van der Waals surface area contributed by atoms with E-state index in [4.69, 9.17) is 4.74 Å². The van der Waals surface area contributed by atoms with Gasteiger partial charge in [0.15, 0.2) is 0 Å². The lowest BCUT2D eigenvalue weighted by molar-refractivity contribution is -0.154. The zero-order valence-corrected chi connectivity index (χ0v) is 23.2. The molecular weight excluding hydrogens is 516 g/mol. The van der Waals surface area contributed by atoms with Gasteiger partial charge in [-0.25, -0.2) is 0 Å².